The summed E-state index contributed by atoms with van der Waals surface area (Å²) < 4.78 is 5.75. The van der Waals surface area contributed by atoms with Crippen LogP contribution in [0.2, 0.25) is 0 Å². The maximum absolute atomic E-state index is 12.7. The first kappa shape index (κ1) is 14.7. The number of benzene rings is 1. The van der Waals surface area contributed by atoms with Gasteiger partial charge in [0.2, 0.25) is 5.41 Å². The van der Waals surface area contributed by atoms with Crippen molar-refractivity contribution in [2.24, 2.45) is 5.41 Å². The molecule has 0 aromatic heterocycles. The van der Waals surface area contributed by atoms with Gasteiger partial charge in [0.05, 0.1) is 12.7 Å². The number of likely N-dealkylation sites (tertiary alicyclic amines) is 1. The summed E-state index contributed by atoms with van der Waals surface area (Å²) in [6, 6.07) is 11.7. The SMILES string of the molecule is CN1C2CCC23C(OC(=O)C(C#N)(CO)c2ccccc2)CC13. The zero-order valence-corrected chi connectivity index (χ0v) is 13.1. The molecule has 0 radical (unpaired) electrons. The van der Waals surface area contributed by atoms with Crippen LogP contribution in [0.15, 0.2) is 30.3 Å². The molecule has 1 aromatic rings. The van der Waals surface area contributed by atoms with Gasteiger partial charge in [0.15, 0.2) is 0 Å². The van der Waals surface area contributed by atoms with Crippen molar-refractivity contribution in [3.63, 3.8) is 0 Å². The Labute approximate surface area is 135 Å². The normalized spacial score (nSPS) is 36.8. The second kappa shape index (κ2) is 4.80. The van der Waals surface area contributed by atoms with Gasteiger partial charge in [-0.05, 0) is 25.5 Å². The van der Waals surface area contributed by atoms with Crippen molar-refractivity contribution in [3.05, 3.63) is 35.9 Å². The maximum atomic E-state index is 12.7. The van der Waals surface area contributed by atoms with Gasteiger partial charge in [0, 0.05) is 23.9 Å². The lowest BCUT2D eigenvalue weighted by Gasteiger charge is -2.78. The fraction of sp³-hybridized carbons (Fsp3) is 0.556. The highest BCUT2D eigenvalue weighted by atomic mass is 16.5. The third-order valence-corrected chi connectivity index (χ3v) is 6.40. The van der Waals surface area contributed by atoms with E-state index in [-0.39, 0.29) is 11.5 Å². The van der Waals surface area contributed by atoms with Crippen molar-refractivity contribution >= 4 is 5.97 Å². The smallest absolute Gasteiger partial charge is 0.333 e. The number of nitriles is 1. The van der Waals surface area contributed by atoms with Crippen LogP contribution in [-0.2, 0) is 14.9 Å². The van der Waals surface area contributed by atoms with Crippen molar-refractivity contribution in [1.29, 1.82) is 5.26 Å². The lowest BCUT2D eigenvalue weighted by atomic mass is 9.41. The Morgan fingerprint density at radius 1 is 1.48 bits per heavy atom. The van der Waals surface area contributed by atoms with Crippen molar-refractivity contribution in [2.45, 2.75) is 42.9 Å². The van der Waals surface area contributed by atoms with Crippen LogP contribution in [0.5, 0.6) is 0 Å². The van der Waals surface area contributed by atoms with E-state index >= 15 is 0 Å². The molecule has 1 N–H and O–H groups in total. The van der Waals surface area contributed by atoms with Gasteiger partial charge in [-0.1, -0.05) is 30.3 Å². The summed E-state index contributed by atoms with van der Waals surface area (Å²) in [7, 11) is 2.13. The van der Waals surface area contributed by atoms with Gasteiger partial charge < -0.3 is 9.84 Å². The quantitative estimate of drug-likeness (QED) is 0.846. The van der Waals surface area contributed by atoms with Crippen LogP contribution in [0.1, 0.15) is 24.8 Å². The largest absolute Gasteiger partial charge is 0.460 e. The minimum absolute atomic E-state index is 0.113. The number of nitrogens with zero attached hydrogens (tertiary/aromatic N) is 2. The molecule has 5 heteroatoms. The van der Waals surface area contributed by atoms with Crippen LogP contribution in [0.25, 0.3) is 0 Å². The van der Waals surface area contributed by atoms with Crippen LogP contribution in [-0.4, -0.2) is 47.8 Å². The molecule has 5 atom stereocenters. The number of ether oxygens (including phenoxy) is 1. The fourth-order valence-corrected chi connectivity index (χ4v) is 4.86. The summed E-state index contributed by atoms with van der Waals surface area (Å²) in [6.07, 6.45) is 2.97. The number of piperidine rings is 2. The first-order valence-electron chi connectivity index (χ1n) is 8.11. The Bertz CT molecular complexity index is 677. The number of rotatable bonds is 4. The standard InChI is InChI=1S/C18H20N2O3/c1-20-13-7-8-18(13)14(20)9-15(18)23-16(22)17(10-19,11-21)12-5-3-2-4-6-12/h2-6,13-15,21H,7-9,11H2,1H3. The van der Waals surface area contributed by atoms with Crippen LogP contribution >= 0.6 is 0 Å². The van der Waals surface area contributed by atoms with E-state index in [4.69, 9.17) is 4.74 Å². The van der Waals surface area contributed by atoms with Gasteiger partial charge in [0.25, 0.3) is 0 Å². The first-order valence-corrected chi connectivity index (χ1v) is 8.11. The molecular weight excluding hydrogens is 292 g/mol. The lowest BCUT2D eigenvalue weighted by molar-refractivity contribution is -0.316. The third-order valence-electron chi connectivity index (χ3n) is 6.40. The van der Waals surface area contributed by atoms with Crippen molar-refractivity contribution < 1.29 is 14.6 Å². The van der Waals surface area contributed by atoms with Gasteiger partial charge in [0.1, 0.15) is 6.10 Å². The summed E-state index contributed by atoms with van der Waals surface area (Å²) >= 11 is 0. The van der Waals surface area contributed by atoms with Gasteiger partial charge in [-0.3, -0.25) is 4.90 Å². The van der Waals surface area contributed by atoms with Crippen LogP contribution in [0.3, 0.4) is 0 Å². The topological polar surface area (TPSA) is 73.6 Å². The number of aliphatic hydroxyl groups is 1. The molecule has 2 saturated carbocycles. The fourth-order valence-electron chi connectivity index (χ4n) is 4.86. The predicted octanol–water partition coefficient (Wildman–Crippen LogP) is 1.22. The molecule has 2 aliphatic carbocycles. The molecule has 1 aliphatic heterocycles. The third kappa shape index (κ3) is 1.60. The van der Waals surface area contributed by atoms with Gasteiger partial charge in [-0.2, -0.15) is 5.26 Å². The molecule has 120 valence electrons. The molecular formula is C18H20N2O3. The summed E-state index contributed by atoms with van der Waals surface area (Å²) in [5.74, 6) is -0.619. The van der Waals surface area contributed by atoms with Crippen LogP contribution in [0, 0.1) is 16.7 Å². The van der Waals surface area contributed by atoms with E-state index in [9.17, 15) is 15.2 Å². The number of esters is 1. The van der Waals surface area contributed by atoms with Crippen molar-refractivity contribution in [1.82, 2.24) is 4.90 Å². The molecule has 4 rings (SSSR count). The maximum Gasteiger partial charge on any atom is 0.333 e. The molecule has 5 nitrogen and oxygen atoms in total. The highest BCUT2D eigenvalue weighted by Crippen LogP contribution is 2.68. The Hall–Kier alpha value is -1.90. The van der Waals surface area contributed by atoms with Crippen LogP contribution in [0.4, 0.5) is 0 Å². The second-order valence-electron chi connectivity index (χ2n) is 7.02. The first-order chi connectivity index (χ1) is 11.1. The Morgan fingerprint density at radius 2 is 2.22 bits per heavy atom. The highest BCUT2D eigenvalue weighted by molar-refractivity contribution is 5.87. The van der Waals surface area contributed by atoms with Gasteiger partial charge in [-0.25, -0.2) is 4.79 Å². The molecule has 1 saturated heterocycles. The van der Waals surface area contributed by atoms with Crippen molar-refractivity contribution in [2.75, 3.05) is 13.7 Å². The second-order valence-corrected chi connectivity index (χ2v) is 7.02. The average molecular weight is 312 g/mol. The summed E-state index contributed by atoms with van der Waals surface area (Å²) in [5.41, 5.74) is -1.02. The van der Waals surface area contributed by atoms with E-state index < -0.39 is 18.0 Å². The minimum atomic E-state index is -1.63. The van der Waals surface area contributed by atoms with E-state index in [1.54, 1.807) is 24.3 Å². The average Bonchev–Trinajstić information content (AvgIpc) is 2.52. The van der Waals surface area contributed by atoms with Crippen molar-refractivity contribution in [3.8, 4) is 6.07 Å². The molecule has 1 heterocycles. The molecule has 1 aromatic carbocycles. The zero-order chi connectivity index (χ0) is 16.2. The number of hydrogen-bond donors (Lipinski definition) is 1. The summed E-state index contributed by atoms with van der Waals surface area (Å²) in [4.78, 5) is 15.1. The predicted molar refractivity (Wildman–Crippen MR) is 82.3 cm³/mol. The van der Waals surface area contributed by atoms with Crippen LogP contribution < -0.4 is 0 Å². The highest BCUT2D eigenvalue weighted by Gasteiger charge is 2.75. The number of aliphatic hydroxyl groups excluding tert-OH is 1. The lowest BCUT2D eigenvalue weighted by Crippen LogP contribution is -2.86. The summed E-state index contributed by atoms with van der Waals surface area (Å²) in [6.45, 7) is -0.571. The monoisotopic (exact) mass is 312 g/mol. The number of carbonyl (C=O) groups is 1. The van der Waals surface area contributed by atoms with Gasteiger partial charge >= 0.3 is 5.97 Å². The summed E-state index contributed by atoms with van der Waals surface area (Å²) in [5, 5.41) is 19.4. The van der Waals surface area contributed by atoms with E-state index in [1.165, 1.54) is 0 Å². The van der Waals surface area contributed by atoms with Gasteiger partial charge in [-0.15, -0.1) is 0 Å². The Kier molecular flexibility index (Phi) is 3.06. The van der Waals surface area contributed by atoms with E-state index in [2.05, 4.69) is 11.9 Å². The molecule has 0 bridgehead atoms. The molecule has 1 spiro atoms. The van der Waals surface area contributed by atoms with E-state index in [0.29, 0.717) is 17.6 Å². The molecule has 5 unspecified atom stereocenters. The Morgan fingerprint density at radius 3 is 2.74 bits per heavy atom. The molecule has 23 heavy (non-hydrogen) atoms. The van der Waals surface area contributed by atoms with E-state index in [0.717, 1.165) is 19.3 Å². The Balaban J connectivity index is 1.55. The molecule has 3 fully saturated rings. The van der Waals surface area contributed by atoms with E-state index in [1.807, 2.05) is 12.1 Å². The number of hydrogen-bond acceptors (Lipinski definition) is 5. The zero-order valence-electron chi connectivity index (χ0n) is 13.1. The number of carbonyl (C=O) groups excluding carboxylic acids is 1. The minimum Gasteiger partial charge on any atom is -0.460 e. The molecule has 3 aliphatic rings. The molecule has 0 amide bonds.